The topological polar surface area (TPSA) is 92.8 Å². The number of hydrogen-bond donors (Lipinski definition) is 1. The van der Waals surface area contributed by atoms with E-state index in [0.717, 1.165) is 28.7 Å². The third-order valence-corrected chi connectivity index (χ3v) is 7.17. The molecule has 2 unspecified atom stereocenters. The summed E-state index contributed by atoms with van der Waals surface area (Å²) in [7, 11) is 0. The number of allylic oxidation sites excluding steroid dienone is 1. The second kappa shape index (κ2) is 10.4. The number of rotatable bonds is 8. The Labute approximate surface area is 207 Å². The van der Waals surface area contributed by atoms with Crippen molar-refractivity contribution in [3.05, 3.63) is 83.1 Å². The van der Waals surface area contributed by atoms with Gasteiger partial charge >= 0.3 is 0 Å². The molecule has 0 aliphatic carbocycles. The predicted octanol–water partition coefficient (Wildman–Crippen LogP) is 4.26. The highest BCUT2D eigenvalue weighted by molar-refractivity contribution is 8.14. The van der Waals surface area contributed by atoms with Crippen LogP contribution in [-0.2, 0) is 20.8 Å². The summed E-state index contributed by atoms with van der Waals surface area (Å²) in [5, 5.41) is 0.537. The molecule has 0 aromatic heterocycles. The van der Waals surface area contributed by atoms with Gasteiger partial charge in [-0.1, -0.05) is 55.1 Å². The lowest BCUT2D eigenvalue weighted by Gasteiger charge is -2.32. The van der Waals surface area contributed by atoms with Gasteiger partial charge in [0.15, 0.2) is 0 Å². The number of ketones is 1. The van der Waals surface area contributed by atoms with E-state index in [9.17, 15) is 18.8 Å². The van der Waals surface area contributed by atoms with E-state index in [-0.39, 0.29) is 23.5 Å². The average molecular weight is 492 g/mol. The fraction of sp³-hybridized carbons (Fsp3) is 0.259. The fourth-order valence-corrected chi connectivity index (χ4v) is 5.66. The summed E-state index contributed by atoms with van der Waals surface area (Å²) >= 11 is 1.23. The number of primary amides is 1. The minimum atomic E-state index is -1.01. The summed E-state index contributed by atoms with van der Waals surface area (Å²) < 4.78 is 13.5. The predicted molar refractivity (Wildman–Crippen MR) is 136 cm³/mol. The third-order valence-electron chi connectivity index (χ3n) is 6.31. The van der Waals surface area contributed by atoms with E-state index in [2.05, 4.69) is 4.99 Å². The van der Waals surface area contributed by atoms with Gasteiger partial charge in [0.1, 0.15) is 17.1 Å². The van der Waals surface area contributed by atoms with Gasteiger partial charge in [-0.2, -0.15) is 0 Å². The summed E-state index contributed by atoms with van der Waals surface area (Å²) in [4.78, 5) is 42.7. The van der Waals surface area contributed by atoms with E-state index in [1.165, 1.54) is 23.9 Å². The van der Waals surface area contributed by atoms with Crippen molar-refractivity contribution in [2.75, 3.05) is 5.75 Å². The Bertz CT molecular complexity index is 1270. The number of carbonyl (C=O) groups excluding carboxylic acids is 3. The smallest absolute Gasteiger partial charge is 0.289 e. The number of carbonyl (C=O) groups is 3. The normalized spacial score (nSPS) is 19.2. The van der Waals surface area contributed by atoms with Crippen molar-refractivity contribution >= 4 is 34.8 Å². The summed E-state index contributed by atoms with van der Waals surface area (Å²) in [6.07, 6.45) is 3.84. The van der Waals surface area contributed by atoms with E-state index in [1.54, 1.807) is 12.1 Å². The number of Topliss-reactive ketones (excluding diaryl/α,β-unsaturated/α-hetero) is 1. The molecule has 0 radical (unpaired) electrons. The number of thioether (sulfide) groups is 1. The van der Waals surface area contributed by atoms with Crippen LogP contribution < -0.4 is 5.73 Å². The lowest BCUT2D eigenvalue weighted by molar-refractivity contribution is -0.134. The number of aliphatic imine (C=N–C) groups is 1. The first-order chi connectivity index (χ1) is 16.8. The molecule has 0 spiro atoms. The number of amides is 1. The van der Waals surface area contributed by atoms with Gasteiger partial charge in [0.05, 0.1) is 17.1 Å². The molecule has 4 rings (SSSR count). The number of hydrogen-bond acceptors (Lipinski definition) is 6. The Balaban J connectivity index is 1.80. The van der Waals surface area contributed by atoms with Crippen LogP contribution in [0.5, 0.6) is 0 Å². The minimum absolute atomic E-state index is 0.174. The SMILES string of the molecule is CCC1C(C(=O)C(N)=O)=C2C(SCC=O)=NC(C)=CN2C1Cc1ccccc1-c1ccc(F)cc1. The van der Waals surface area contributed by atoms with Crippen LogP contribution in [0.1, 0.15) is 25.8 Å². The summed E-state index contributed by atoms with van der Waals surface area (Å²) in [5.74, 6) is -2.13. The molecular weight excluding hydrogens is 465 g/mol. The lowest BCUT2D eigenvalue weighted by Crippen LogP contribution is -2.35. The summed E-state index contributed by atoms with van der Waals surface area (Å²) in [5.41, 5.74) is 9.99. The van der Waals surface area contributed by atoms with Crippen LogP contribution in [0, 0.1) is 11.7 Å². The van der Waals surface area contributed by atoms with Gasteiger partial charge in [0.2, 0.25) is 5.78 Å². The third kappa shape index (κ3) is 4.84. The molecule has 2 N–H and O–H groups in total. The van der Waals surface area contributed by atoms with Crippen LogP contribution in [0.25, 0.3) is 11.1 Å². The minimum Gasteiger partial charge on any atom is -0.363 e. The zero-order chi connectivity index (χ0) is 25.1. The van der Waals surface area contributed by atoms with Gasteiger partial charge in [-0.25, -0.2) is 9.38 Å². The van der Waals surface area contributed by atoms with Crippen molar-refractivity contribution in [3.8, 4) is 11.1 Å². The van der Waals surface area contributed by atoms with Crippen LogP contribution in [0.3, 0.4) is 0 Å². The first-order valence-corrected chi connectivity index (χ1v) is 12.4. The van der Waals surface area contributed by atoms with Crippen LogP contribution in [0.15, 0.2) is 76.7 Å². The summed E-state index contributed by atoms with van der Waals surface area (Å²) in [6.45, 7) is 3.83. The molecule has 0 fully saturated rings. The van der Waals surface area contributed by atoms with Crippen LogP contribution in [0.4, 0.5) is 4.39 Å². The van der Waals surface area contributed by atoms with Gasteiger partial charge in [0, 0.05) is 23.7 Å². The van der Waals surface area contributed by atoms with Gasteiger partial charge in [-0.3, -0.25) is 9.59 Å². The highest BCUT2D eigenvalue weighted by Crippen LogP contribution is 2.44. The van der Waals surface area contributed by atoms with Gasteiger partial charge in [-0.05, 0) is 48.6 Å². The molecule has 2 aromatic carbocycles. The largest absolute Gasteiger partial charge is 0.363 e. The van der Waals surface area contributed by atoms with Gasteiger partial charge < -0.3 is 15.4 Å². The Morgan fingerprint density at radius 3 is 2.54 bits per heavy atom. The molecule has 1 amide bonds. The molecule has 180 valence electrons. The number of aldehydes is 1. The van der Waals surface area contributed by atoms with Gasteiger partial charge in [0.25, 0.3) is 5.91 Å². The second-order valence-corrected chi connectivity index (χ2v) is 9.49. The summed E-state index contributed by atoms with van der Waals surface area (Å²) in [6, 6.07) is 14.1. The Morgan fingerprint density at radius 1 is 1.17 bits per heavy atom. The lowest BCUT2D eigenvalue weighted by atomic mass is 9.84. The van der Waals surface area contributed by atoms with Crippen molar-refractivity contribution in [2.24, 2.45) is 16.6 Å². The number of nitrogens with two attached hydrogens (primary N) is 1. The molecule has 2 aliphatic rings. The quantitative estimate of drug-likeness (QED) is 0.440. The molecule has 2 heterocycles. The highest BCUT2D eigenvalue weighted by Gasteiger charge is 2.45. The highest BCUT2D eigenvalue weighted by atomic mass is 32.2. The Morgan fingerprint density at radius 2 is 1.89 bits per heavy atom. The van der Waals surface area contributed by atoms with E-state index in [0.29, 0.717) is 29.2 Å². The maximum atomic E-state index is 13.5. The molecule has 0 saturated carbocycles. The van der Waals surface area contributed by atoms with Crippen molar-refractivity contribution < 1.29 is 18.8 Å². The number of benzene rings is 2. The van der Waals surface area contributed by atoms with Crippen LogP contribution in [0.2, 0.25) is 0 Å². The van der Waals surface area contributed by atoms with E-state index in [4.69, 9.17) is 5.73 Å². The number of nitrogens with zero attached hydrogens (tertiary/aromatic N) is 2. The fourth-order valence-electron chi connectivity index (χ4n) is 4.87. The average Bonchev–Trinajstić information content (AvgIpc) is 3.15. The number of fused-ring (bicyclic) bond motifs is 1. The van der Waals surface area contributed by atoms with Crippen molar-refractivity contribution in [2.45, 2.75) is 32.7 Å². The number of halogens is 1. The molecule has 2 atom stereocenters. The molecule has 0 bridgehead atoms. The van der Waals surface area contributed by atoms with Crippen molar-refractivity contribution in [1.82, 2.24) is 4.90 Å². The zero-order valence-electron chi connectivity index (χ0n) is 19.5. The monoisotopic (exact) mass is 491 g/mol. The van der Waals surface area contributed by atoms with Crippen molar-refractivity contribution in [3.63, 3.8) is 0 Å². The molecule has 0 saturated heterocycles. The van der Waals surface area contributed by atoms with E-state index in [1.807, 2.05) is 49.2 Å². The zero-order valence-corrected chi connectivity index (χ0v) is 20.3. The van der Waals surface area contributed by atoms with Crippen LogP contribution in [-0.4, -0.2) is 39.7 Å². The standard InChI is InChI=1S/C27H26FN3O3S/c1-3-20-22(14-18-6-4-5-7-21(18)17-8-10-19(28)11-9-17)31-15-16(2)30-27(35-13-12-32)24(31)23(20)25(33)26(29)34/h4-12,15,20,22H,3,13-14H2,1-2H3,(H2,29,34). The maximum Gasteiger partial charge on any atom is 0.289 e. The second-order valence-electron chi connectivity index (χ2n) is 8.48. The van der Waals surface area contributed by atoms with E-state index >= 15 is 0 Å². The van der Waals surface area contributed by atoms with Gasteiger partial charge in [-0.15, -0.1) is 0 Å². The van der Waals surface area contributed by atoms with Crippen LogP contribution >= 0.6 is 11.8 Å². The molecule has 35 heavy (non-hydrogen) atoms. The first-order valence-electron chi connectivity index (χ1n) is 11.4. The first kappa shape index (κ1) is 24.6. The Hall–Kier alpha value is -3.52. The molecule has 2 aliphatic heterocycles. The molecular formula is C27H26FN3O3S. The Kier molecular flexibility index (Phi) is 7.31. The molecule has 6 nitrogen and oxygen atoms in total. The maximum absolute atomic E-state index is 13.5. The van der Waals surface area contributed by atoms with E-state index < -0.39 is 11.7 Å². The molecule has 8 heteroatoms. The molecule has 2 aromatic rings. The van der Waals surface area contributed by atoms with Crippen molar-refractivity contribution in [1.29, 1.82) is 0 Å².